The molecular weight excluding hydrogens is 354 g/mol. The van der Waals surface area contributed by atoms with Crippen molar-refractivity contribution in [3.05, 3.63) is 35.4 Å². The topological polar surface area (TPSA) is 122 Å². The SMILES string of the molecule is Cc1ccccc1C(=O)OC(C)OC(=O)NCC1CCCCC1.O=C(O)O. The Bertz CT molecular complexity index is 622. The first-order chi connectivity index (χ1) is 12.8. The molecule has 2 rings (SSSR count). The molecule has 0 saturated heterocycles. The molecule has 1 aliphatic rings. The largest absolute Gasteiger partial charge is 0.503 e. The van der Waals surface area contributed by atoms with E-state index in [9.17, 15) is 9.59 Å². The summed E-state index contributed by atoms with van der Waals surface area (Å²) in [7, 11) is 0. The molecule has 0 aliphatic heterocycles. The maximum absolute atomic E-state index is 12.0. The molecule has 0 aromatic heterocycles. The number of ether oxygens (including phenoxy) is 2. The molecule has 27 heavy (non-hydrogen) atoms. The van der Waals surface area contributed by atoms with Crippen molar-refractivity contribution >= 4 is 18.2 Å². The zero-order chi connectivity index (χ0) is 20.2. The number of carboxylic acid groups (broad SMARTS) is 2. The standard InChI is InChI=1S/C18H25NO4.CH2O3/c1-13-8-6-7-11-16(13)17(20)22-14(2)23-18(21)19-12-15-9-4-3-5-10-15;2-1(3)4/h6-8,11,14-15H,3-5,9-10,12H2,1-2H3,(H,19,21);(H2,2,3,4). The molecule has 3 N–H and O–H groups in total. The van der Waals surface area contributed by atoms with Gasteiger partial charge >= 0.3 is 18.2 Å². The van der Waals surface area contributed by atoms with Gasteiger partial charge in [-0.25, -0.2) is 14.4 Å². The second-order valence-electron chi connectivity index (χ2n) is 6.36. The number of aryl methyl sites for hydroxylation is 1. The highest BCUT2D eigenvalue weighted by Crippen LogP contribution is 2.22. The minimum atomic E-state index is -1.83. The van der Waals surface area contributed by atoms with E-state index in [0.29, 0.717) is 18.0 Å². The third-order valence-corrected chi connectivity index (χ3v) is 4.17. The van der Waals surface area contributed by atoms with Crippen molar-refractivity contribution in [3.8, 4) is 0 Å². The monoisotopic (exact) mass is 381 g/mol. The average molecular weight is 381 g/mol. The van der Waals surface area contributed by atoms with Crippen molar-refractivity contribution in [2.45, 2.75) is 52.2 Å². The minimum Gasteiger partial charge on any atom is -0.450 e. The minimum absolute atomic E-state index is 0.477. The molecule has 1 unspecified atom stereocenters. The summed E-state index contributed by atoms with van der Waals surface area (Å²) in [6, 6.07) is 7.14. The molecule has 1 aromatic rings. The van der Waals surface area contributed by atoms with Crippen LogP contribution in [-0.2, 0) is 9.47 Å². The Morgan fingerprint density at radius 1 is 1.11 bits per heavy atom. The van der Waals surface area contributed by atoms with Crippen molar-refractivity contribution < 1.29 is 34.1 Å². The second-order valence-corrected chi connectivity index (χ2v) is 6.36. The third kappa shape index (κ3) is 9.48. The average Bonchev–Trinajstić information content (AvgIpc) is 2.60. The normalized spacial score (nSPS) is 14.9. The van der Waals surface area contributed by atoms with Crippen LogP contribution in [0, 0.1) is 12.8 Å². The smallest absolute Gasteiger partial charge is 0.450 e. The number of benzene rings is 1. The predicted octanol–water partition coefficient (Wildman–Crippen LogP) is 4.03. The van der Waals surface area contributed by atoms with Gasteiger partial charge in [-0.1, -0.05) is 37.5 Å². The lowest BCUT2D eigenvalue weighted by atomic mass is 9.89. The van der Waals surface area contributed by atoms with Crippen LogP contribution in [0.1, 0.15) is 54.9 Å². The summed E-state index contributed by atoms with van der Waals surface area (Å²) in [5, 5.41) is 16.7. The second kappa shape index (κ2) is 11.8. The number of carbonyl (C=O) groups is 3. The van der Waals surface area contributed by atoms with E-state index in [1.54, 1.807) is 12.1 Å². The molecule has 0 heterocycles. The van der Waals surface area contributed by atoms with Crippen LogP contribution in [0.4, 0.5) is 9.59 Å². The van der Waals surface area contributed by atoms with Crippen molar-refractivity contribution in [1.82, 2.24) is 5.32 Å². The number of alkyl carbamates (subject to hydrolysis) is 1. The predicted molar refractivity (Wildman–Crippen MR) is 97.8 cm³/mol. The van der Waals surface area contributed by atoms with Gasteiger partial charge in [0.15, 0.2) is 0 Å². The number of amides is 1. The van der Waals surface area contributed by atoms with Gasteiger partial charge in [-0.2, -0.15) is 0 Å². The number of esters is 1. The molecule has 150 valence electrons. The lowest BCUT2D eigenvalue weighted by molar-refractivity contribution is -0.0603. The fraction of sp³-hybridized carbons (Fsp3) is 0.526. The van der Waals surface area contributed by atoms with Gasteiger partial charge in [-0.15, -0.1) is 0 Å². The van der Waals surface area contributed by atoms with Crippen molar-refractivity contribution in [2.75, 3.05) is 6.54 Å². The molecule has 1 aromatic carbocycles. The molecule has 8 nitrogen and oxygen atoms in total. The Hall–Kier alpha value is -2.77. The summed E-state index contributed by atoms with van der Waals surface area (Å²) in [4.78, 5) is 32.3. The Morgan fingerprint density at radius 3 is 2.30 bits per heavy atom. The Morgan fingerprint density at radius 2 is 1.70 bits per heavy atom. The highest BCUT2D eigenvalue weighted by atomic mass is 16.7. The van der Waals surface area contributed by atoms with Crippen LogP contribution in [0.5, 0.6) is 0 Å². The molecule has 1 amide bonds. The van der Waals surface area contributed by atoms with Crippen LogP contribution in [0.3, 0.4) is 0 Å². The number of carbonyl (C=O) groups excluding carboxylic acids is 2. The first-order valence-corrected chi connectivity index (χ1v) is 8.92. The lowest BCUT2D eigenvalue weighted by Crippen LogP contribution is -2.34. The Labute approximate surface area is 158 Å². The summed E-state index contributed by atoms with van der Waals surface area (Å²) in [5.74, 6) is 0.0387. The molecular formula is C19H27NO7. The van der Waals surface area contributed by atoms with Crippen molar-refractivity contribution in [1.29, 1.82) is 0 Å². The van der Waals surface area contributed by atoms with Crippen LogP contribution in [-0.4, -0.2) is 41.3 Å². The van der Waals surface area contributed by atoms with E-state index in [0.717, 1.165) is 18.4 Å². The van der Waals surface area contributed by atoms with E-state index in [4.69, 9.17) is 24.5 Å². The van der Waals surface area contributed by atoms with Crippen molar-refractivity contribution in [2.24, 2.45) is 5.92 Å². The Kier molecular flexibility index (Phi) is 9.71. The highest BCUT2D eigenvalue weighted by molar-refractivity contribution is 5.91. The summed E-state index contributed by atoms with van der Waals surface area (Å²) >= 11 is 0. The van der Waals surface area contributed by atoms with Gasteiger partial charge in [-0.05, 0) is 37.3 Å². The van der Waals surface area contributed by atoms with Gasteiger partial charge < -0.3 is 25.0 Å². The third-order valence-electron chi connectivity index (χ3n) is 4.17. The molecule has 0 spiro atoms. The maximum Gasteiger partial charge on any atom is 0.503 e. The van der Waals surface area contributed by atoms with Crippen LogP contribution in [0.2, 0.25) is 0 Å². The molecule has 8 heteroatoms. The van der Waals surface area contributed by atoms with E-state index in [1.807, 2.05) is 19.1 Å². The van der Waals surface area contributed by atoms with Gasteiger partial charge in [-0.3, -0.25) is 0 Å². The quantitative estimate of drug-likeness (QED) is 0.520. The van der Waals surface area contributed by atoms with Gasteiger partial charge in [0.05, 0.1) is 5.56 Å². The highest BCUT2D eigenvalue weighted by Gasteiger charge is 2.18. The van der Waals surface area contributed by atoms with Crippen LogP contribution in [0.25, 0.3) is 0 Å². The molecule has 1 saturated carbocycles. The van der Waals surface area contributed by atoms with E-state index >= 15 is 0 Å². The first kappa shape index (κ1) is 22.3. The first-order valence-electron chi connectivity index (χ1n) is 8.92. The molecule has 0 bridgehead atoms. The van der Waals surface area contributed by atoms with E-state index < -0.39 is 24.5 Å². The van der Waals surface area contributed by atoms with E-state index in [-0.39, 0.29) is 0 Å². The number of hydrogen-bond donors (Lipinski definition) is 3. The molecule has 0 radical (unpaired) electrons. The number of hydrogen-bond acceptors (Lipinski definition) is 5. The van der Waals surface area contributed by atoms with Gasteiger partial charge in [0, 0.05) is 13.5 Å². The van der Waals surface area contributed by atoms with Crippen LogP contribution < -0.4 is 5.32 Å². The summed E-state index contributed by atoms with van der Waals surface area (Å²) in [6.07, 6.45) is 2.75. The number of nitrogens with one attached hydrogen (secondary N) is 1. The van der Waals surface area contributed by atoms with Crippen LogP contribution >= 0.6 is 0 Å². The summed E-state index contributed by atoms with van der Waals surface area (Å²) < 4.78 is 10.2. The molecule has 1 atom stereocenters. The fourth-order valence-electron chi connectivity index (χ4n) is 2.85. The van der Waals surface area contributed by atoms with E-state index in [2.05, 4.69) is 5.32 Å². The van der Waals surface area contributed by atoms with Gasteiger partial charge in [0.2, 0.25) is 6.29 Å². The van der Waals surface area contributed by atoms with E-state index in [1.165, 1.54) is 26.2 Å². The number of rotatable bonds is 5. The maximum atomic E-state index is 12.0. The molecule has 1 aliphatic carbocycles. The summed E-state index contributed by atoms with van der Waals surface area (Å²) in [6.45, 7) is 3.99. The van der Waals surface area contributed by atoms with Gasteiger partial charge in [0.25, 0.3) is 0 Å². The Balaban J connectivity index is 0.000000828. The summed E-state index contributed by atoms with van der Waals surface area (Å²) in [5.41, 5.74) is 1.30. The van der Waals surface area contributed by atoms with Gasteiger partial charge in [0.1, 0.15) is 0 Å². The van der Waals surface area contributed by atoms with Crippen molar-refractivity contribution in [3.63, 3.8) is 0 Å². The zero-order valence-corrected chi connectivity index (χ0v) is 15.6. The van der Waals surface area contributed by atoms with Crippen LogP contribution in [0.15, 0.2) is 24.3 Å². The molecule has 1 fully saturated rings. The lowest BCUT2D eigenvalue weighted by Gasteiger charge is -2.22. The fourth-order valence-corrected chi connectivity index (χ4v) is 2.85. The zero-order valence-electron chi connectivity index (χ0n) is 15.6.